The molecule has 8 heteroatoms. The highest BCUT2D eigenvalue weighted by molar-refractivity contribution is 5.97. The fraction of sp³-hybridized carbons (Fsp3) is 0.421. The molecule has 1 heterocycles. The maximum atomic E-state index is 13.2. The summed E-state index contributed by atoms with van der Waals surface area (Å²) in [4.78, 5) is 24.4. The highest BCUT2D eigenvalue weighted by atomic mass is 19.4. The van der Waals surface area contributed by atoms with Crippen molar-refractivity contribution in [2.75, 3.05) is 7.05 Å². The van der Waals surface area contributed by atoms with E-state index in [-0.39, 0.29) is 30.2 Å². The van der Waals surface area contributed by atoms with Crippen LogP contribution in [0.1, 0.15) is 45.7 Å². The zero-order valence-electron chi connectivity index (χ0n) is 14.9. The number of alkyl halides is 3. The normalized spacial score (nSPS) is 13.9. The predicted molar refractivity (Wildman–Crippen MR) is 92.4 cm³/mol. The van der Waals surface area contributed by atoms with E-state index in [2.05, 4.69) is 10.4 Å². The van der Waals surface area contributed by atoms with Crippen LogP contribution in [0.25, 0.3) is 0 Å². The molecule has 0 spiro atoms. The van der Waals surface area contributed by atoms with E-state index < -0.39 is 11.9 Å². The van der Waals surface area contributed by atoms with Crippen molar-refractivity contribution in [2.45, 2.75) is 44.8 Å². The molecular formula is C19H20F3N3O2. The number of carbonyl (C=O) groups is 2. The average molecular weight is 379 g/mol. The summed E-state index contributed by atoms with van der Waals surface area (Å²) in [6.45, 7) is -0.236. The third-order valence-electron chi connectivity index (χ3n) is 4.73. The highest BCUT2D eigenvalue weighted by Crippen LogP contribution is 2.35. The number of hydrogen-bond acceptors (Lipinski definition) is 3. The molecule has 1 N–H and O–H groups in total. The van der Waals surface area contributed by atoms with E-state index in [1.807, 2.05) is 0 Å². The van der Waals surface area contributed by atoms with Gasteiger partial charge in [0.1, 0.15) is 6.54 Å². The van der Waals surface area contributed by atoms with Gasteiger partial charge in [0, 0.05) is 30.3 Å². The molecule has 0 saturated heterocycles. The number of nitrogens with one attached hydrogen (secondary N) is 1. The van der Waals surface area contributed by atoms with Gasteiger partial charge in [-0.1, -0.05) is 18.2 Å². The quantitative estimate of drug-likeness (QED) is 0.869. The Labute approximate surface area is 154 Å². The van der Waals surface area contributed by atoms with Crippen molar-refractivity contribution in [2.24, 2.45) is 0 Å². The molecule has 1 aromatic carbocycles. The molecule has 2 aromatic rings. The first kappa shape index (κ1) is 19.1. The van der Waals surface area contributed by atoms with Crippen molar-refractivity contribution in [1.29, 1.82) is 0 Å². The summed E-state index contributed by atoms with van der Waals surface area (Å²) in [6, 6.07) is 6.69. The van der Waals surface area contributed by atoms with E-state index in [1.165, 1.54) is 11.7 Å². The second kappa shape index (κ2) is 7.54. The second-order valence-corrected chi connectivity index (χ2v) is 6.59. The van der Waals surface area contributed by atoms with Crippen LogP contribution in [0.3, 0.4) is 0 Å². The zero-order valence-corrected chi connectivity index (χ0v) is 14.9. The van der Waals surface area contributed by atoms with E-state index in [1.54, 1.807) is 24.3 Å². The molecule has 1 aliphatic carbocycles. The molecule has 1 aromatic heterocycles. The summed E-state index contributed by atoms with van der Waals surface area (Å²) in [6.07, 6.45) is -2.28. The Bertz CT molecular complexity index is 872. The number of aromatic nitrogens is 2. The van der Waals surface area contributed by atoms with Gasteiger partial charge in [0.2, 0.25) is 0 Å². The van der Waals surface area contributed by atoms with Crippen LogP contribution in [-0.4, -0.2) is 28.5 Å². The topological polar surface area (TPSA) is 64.0 Å². The van der Waals surface area contributed by atoms with Crippen LogP contribution in [-0.2, 0) is 36.8 Å². The van der Waals surface area contributed by atoms with E-state index in [4.69, 9.17) is 0 Å². The summed E-state index contributed by atoms with van der Waals surface area (Å²) < 4.78 is 40.9. The first-order valence-electron chi connectivity index (χ1n) is 8.78. The Kier molecular flexibility index (Phi) is 5.34. The highest BCUT2D eigenvalue weighted by Gasteiger charge is 2.39. The molecule has 0 fully saturated rings. The Morgan fingerprint density at radius 1 is 1.19 bits per heavy atom. The molecule has 27 heavy (non-hydrogen) atoms. The van der Waals surface area contributed by atoms with Gasteiger partial charge in [-0.05, 0) is 37.3 Å². The molecule has 5 nitrogen and oxygen atoms in total. The third kappa shape index (κ3) is 4.04. The van der Waals surface area contributed by atoms with E-state index in [0.29, 0.717) is 36.1 Å². The Balaban J connectivity index is 1.84. The second-order valence-electron chi connectivity index (χ2n) is 6.59. The minimum Gasteiger partial charge on any atom is -0.355 e. The van der Waals surface area contributed by atoms with Crippen molar-refractivity contribution in [3.8, 4) is 0 Å². The number of hydrogen-bond donors (Lipinski definition) is 1. The fourth-order valence-electron chi connectivity index (χ4n) is 3.50. The van der Waals surface area contributed by atoms with Gasteiger partial charge in [-0.2, -0.15) is 18.3 Å². The van der Waals surface area contributed by atoms with Gasteiger partial charge in [-0.25, -0.2) is 0 Å². The van der Waals surface area contributed by atoms with Crippen LogP contribution in [0, 0.1) is 0 Å². The summed E-state index contributed by atoms with van der Waals surface area (Å²) in [7, 11) is 1.50. The van der Waals surface area contributed by atoms with Crippen molar-refractivity contribution in [3.63, 3.8) is 0 Å². The van der Waals surface area contributed by atoms with Gasteiger partial charge in [0.05, 0.1) is 0 Å². The van der Waals surface area contributed by atoms with Gasteiger partial charge in [-0.15, -0.1) is 0 Å². The minimum atomic E-state index is -4.53. The Morgan fingerprint density at radius 3 is 2.59 bits per heavy atom. The molecule has 1 amide bonds. The number of ketones is 1. The van der Waals surface area contributed by atoms with Crippen molar-refractivity contribution < 1.29 is 22.8 Å². The molecule has 0 bridgehead atoms. The van der Waals surface area contributed by atoms with Gasteiger partial charge < -0.3 is 5.32 Å². The van der Waals surface area contributed by atoms with Crippen LogP contribution in [0.4, 0.5) is 13.2 Å². The first-order chi connectivity index (χ1) is 12.8. The van der Waals surface area contributed by atoms with Gasteiger partial charge >= 0.3 is 6.18 Å². The van der Waals surface area contributed by atoms with Crippen LogP contribution in [0.2, 0.25) is 0 Å². The summed E-state index contributed by atoms with van der Waals surface area (Å²) in [5, 5.41) is 6.22. The molecule has 0 saturated carbocycles. The molecular weight excluding hydrogens is 359 g/mol. The number of nitrogens with zero attached hydrogens (tertiary/aromatic N) is 2. The SMILES string of the molecule is CNC(=O)c1ccccc1CC(=O)Cn1nc(C(F)(F)F)c2c1CCCC2. The number of carbonyl (C=O) groups excluding carboxylic acids is 2. The Hall–Kier alpha value is -2.64. The lowest BCUT2D eigenvalue weighted by molar-refractivity contribution is -0.142. The minimum absolute atomic E-state index is 0.0421. The molecule has 0 aliphatic heterocycles. The first-order valence-corrected chi connectivity index (χ1v) is 8.78. The molecule has 0 unspecified atom stereocenters. The van der Waals surface area contributed by atoms with Crippen molar-refractivity contribution in [3.05, 3.63) is 52.3 Å². The Morgan fingerprint density at radius 2 is 1.89 bits per heavy atom. The number of rotatable bonds is 5. The maximum absolute atomic E-state index is 13.2. The van der Waals surface area contributed by atoms with Crippen LogP contribution in [0.15, 0.2) is 24.3 Å². The predicted octanol–water partition coefficient (Wildman–Crippen LogP) is 2.95. The molecule has 0 atom stereocenters. The largest absolute Gasteiger partial charge is 0.435 e. The summed E-state index contributed by atoms with van der Waals surface area (Å²) >= 11 is 0. The lowest BCUT2D eigenvalue weighted by Gasteiger charge is -2.14. The van der Waals surface area contributed by atoms with Gasteiger partial charge in [0.25, 0.3) is 5.91 Å². The van der Waals surface area contributed by atoms with Crippen LogP contribution in [0.5, 0.6) is 0 Å². The van der Waals surface area contributed by atoms with Crippen LogP contribution < -0.4 is 5.32 Å². The van der Waals surface area contributed by atoms with Gasteiger partial charge in [-0.3, -0.25) is 14.3 Å². The number of benzene rings is 1. The summed E-state index contributed by atoms with van der Waals surface area (Å²) in [5.74, 6) is -0.606. The third-order valence-corrected chi connectivity index (χ3v) is 4.73. The maximum Gasteiger partial charge on any atom is 0.435 e. The number of amides is 1. The number of halogens is 3. The summed E-state index contributed by atoms with van der Waals surface area (Å²) in [5.41, 5.74) is 0.760. The molecule has 3 rings (SSSR count). The number of fused-ring (bicyclic) bond motifs is 1. The molecule has 0 radical (unpaired) electrons. The standard InChI is InChI=1S/C19H20F3N3O2/c1-23-18(27)14-7-3-2-6-12(14)10-13(26)11-25-16-9-5-4-8-15(16)17(24-25)19(20,21)22/h2-3,6-7H,4-5,8-11H2,1H3,(H,23,27). The fourth-order valence-corrected chi connectivity index (χ4v) is 3.50. The lowest BCUT2D eigenvalue weighted by atomic mass is 9.95. The van der Waals surface area contributed by atoms with Crippen LogP contribution >= 0.6 is 0 Å². The van der Waals surface area contributed by atoms with E-state index >= 15 is 0 Å². The molecule has 1 aliphatic rings. The average Bonchev–Trinajstić information content (AvgIpc) is 3.00. The van der Waals surface area contributed by atoms with E-state index in [9.17, 15) is 22.8 Å². The zero-order chi connectivity index (χ0) is 19.6. The molecule has 144 valence electrons. The van der Waals surface area contributed by atoms with E-state index in [0.717, 1.165) is 6.42 Å². The number of Topliss-reactive ketones (excluding diaryl/α,β-unsaturated/α-hetero) is 1. The lowest BCUT2D eigenvalue weighted by Crippen LogP contribution is -2.22. The van der Waals surface area contributed by atoms with Crippen molar-refractivity contribution in [1.82, 2.24) is 15.1 Å². The monoisotopic (exact) mass is 379 g/mol. The van der Waals surface area contributed by atoms with Gasteiger partial charge in [0.15, 0.2) is 11.5 Å². The van der Waals surface area contributed by atoms with Crippen molar-refractivity contribution >= 4 is 11.7 Å². The smallest absolute Gasteiger partial charge is 0.355 e.